The summed E-state index contributed by atoms with van der Waals surface area (Å²) >= 11 is 1.32. The predicted octanol–water partition coefficient (Wildman–Crippen LogP) is 1.14. The Morgan fingerprint density at radius 3 is 2.78 bits per heavy atom. The number of carbonyl (C=O) groups excluding carboxylic acids is 2. The molecule has 124 valence electrons. The first-order valence-corrected chi connectivity index (χ1v) is 7.84. The highest BCUT2D eigenvalue weighted by molar-refractivity contribution is 7.12. The zero-order chi connectivity index (χ0) is 16.9. The van der Waals surface area contributed by atoms with Crippen LogP contribution in [0.1, 0.15) is 29.2 Å². The maximum atomic E-state index is 12.2. The third kappa shape index (κ3) is 4.52. The molecule has 0 saturated heterocycles. The second-order valence-corrected chi connectivity index (χ2v) is 6.26. The number of hydrogen-bond donors (Lipinski definition) is 2. The SMILES string of the molecule is Cc1nonc1OCCNC(=O)C(C)(C)NC(=O)c1cccs1. The number of thiophene rings is 1. The van der Waals surface area contributed by atoms with E-state index in [0.29, 0.717) is 16.5 Å². The highest BCUT2D eigenvalue weighted by atomic mass is 32.1. The number of rotatable bonds is 7. The molecule has 0 spiro atoms. The second kappa shape index (κ2) is 7.23. The smallest absolute Gasteiger partial charge is 0.278 e. The van der Waals surface area contributed by atoms with Crippen LogP contribution in [-0.2, 0) is 4.79 Å². The maximum Gasteiger partial charge on any atom is 0.278 e. The summed E-state index contributed by atoms with van der Waals surface area (Å²) in [6, 6.07) is 3.49. The summed E-state index contributed by atoms with van der Waals surface area (Å²) in [7, 11) is 0. The van der Waals surface area contributed by atoms with Gasteiger partial charge in [0.2, 0.25) is 5.91 Å². The number of hydrogen-bond acceptors (Lipinski definition) is 7. The molecular formula is C14H18N4O4S. The van der Waals surface area contributed by atoms with E-state index in [1.165, 1.54) is 11.3 Å². The van der Waals surface area contributed by atoms with Crippen molar-refractivity contribution in [3.63, 3.8) is 0 Å². The zero-order valence-electron chi connectivity index (χ0n) is 13.1. The number of ether oxygens (including phenoxy) is 1. The Hall–Kier alpha value is -2.42. The van der Waals surface area contributed by atoms with Crippen LogP contribution in [0.5, 0.6) is 5.88 Å². The van der Waals surface area contributed by atoms with Crippen LogP contribution >= 0.6 is 11.3 Å². The van der Waals surface area contributed by atoms with Gasteiger partial charge in [0.15, 0.2) is 0 Å². The van der Waals surface area contributed by atoms with E-state index >= 15 is 0 Å². The summed E-state index contributed by atoms with van der Waals surface area (Å²) in [6.45, 7) is 5.47. The molecule has 2 heterocycles. The van der Waals surface area contributed by atoms with Gasteiger partial charge >= 0.3 is 0 Å². The Morgan fingerprint density at radius 2 is 2.17 bits per heavy atom. The van der Waals surface area contributed by atoms with E-state index in [9.17, 15) is 9.59 Å². The van der Waals surface area contributed by atoms with Crippen LogP contribution in [0.25, 0.3) is 0 Å². The Bertz CT molecular complexity index is 666. The van der Waals surface area contributed by atoms with Gasteiger partial charge in [-0.15, -0.1) is 11.3 Å². The number of amides is 2. The molecule has 2 aromatic heterocycles. The number of carbonyl (C=O) groups is 2. The van der Waals surface area contributed by atoms with Gasteiger partial charge in [-0.1, -0.05) is 11.2 Å². The number of nitrogens with zero attached hydrogens (tertiary/aromatic N) is 2. The standard InChI is InChI=1S/C14H18N4O4S/c1-9-12(18-22-17-9)21-7-6-15-13(20)14(2,3)16-11(19)10-5-4-8-23-10/h4-5,8H,6-7H2,1-3H3,(H,15,20)(H,16,19). The van der Waals surface area contributed by atoms with Gasteiger partial charge in [-0.05, 0) is 37.4 Å². The quantitative estimate of drug-likeness (QED) is 0.733. The minimum atomic E-state index is -1.04. The maximum absolute atomic E-state index is 12.2. The molecule has 2 aromatic rings. The van der Waals surface area contributed by atoms with Crippen molar-refractivity contribution in [3.05, 3.63) is 28.1 Å². The van der Waals surface area contributed by atoms with Crippen molar-refractivity contribution in [2.24, 2.45) is 0 Å². The van der Waals surface area contributed by atoms with Crippen molar-refractivity contribution >= 4 is 23.2 Å². The molecule has 0 aliphatic heterocycles. The monoisotopic (exact) mass is 338 g/mol. The van der Waals surface area contributed by atoms with Crippen LogP contribution < -0.4 is 15.4 Å². The molecule has 23 heavy (non-hydrogen) atoms. The fourth-order valence-electron chi connectivity index (χ4n) is 1.70. The topological polar surface area (TPSA) is 106 Å². The lowest BCUT2D eigenvalue weighted by Gasteiger charge is -2.24. The molecule has 0 radical (unpaired) electrons. The molecule has 8 nitrogen and oxygen atoms in total. The van der Waals surface area contributed by atoms with Crippen LogP contribution in [0.4, 0.5) is 0 Å². The molecule has 0 atom stereocenters. The molecule has 9 heteroatoms. The van der Waals surface area contributed by atoms with Gasteiger partial charge < -0.3 is 15.4 Å². The molecule has 0 fully saturated rings. The molecule has 0 bridgehead atoms. The van der Waals surface area contributed by atoms with Crippen LogP contribution in [0.2, 0.25) is 0 Å². The van der Waals surface area contributed by atoms with Crippen molar-refractivity contribution in [3.8, 4) is 5.88 Å². The van der Waals surface area contributed by atoms with Gasteiger partial charge in [-0.3, -0.25) is 9.59 Å². The molecule has 0 saturated carbocycles. The summed E-state index contributed by atoms with van der Waals surface area (Å²) in [6.07, 6.45) is 0. The van der Waals surface area contributed by atoms with E-state index < -0.39 is 5.54 Å². The van der Waals surface area contributed by atoms with Gasteiger partial charge in [-0.2, -0.15) is 0 Å². The summed E-state index contributed by atoms with van der Waals surface area (Å²) in [5.41, 5.74) is -0.494. The molecule has 0 aliphatic rings. The van der Waals surface area contributed by atoms with Crippen LogP contribution in [0.15, 0.2) is 22.1 Å². The largest absolute Gasteiger partial charge is 0.472 e. The first kappa shape index (κ1) is 16.9. The first-order valence-electron chi connectivity index (χ1n) is 6.96. The van der Waals surface area contributed by atoms with Crippen molar-refractivity contribution in [1.29, 1.82) is 0 Å². The fraction of sp³-hybridized carbons (Fsp3) is 0.429. The lowest BCUT2D eigenvalue weighted by Crippen LogP contribution is -2.55. The molecule has 0 unspecified atom stereocenters. The van der Waals surface area contributed by atoms with E-state index in [0.717, 1.165) is 0 Å². The highest BCUT2D eigenvalue weighted by Crippen LogP contribution is 2.11. The molecular weight excluding hydrogens is 320 g/mol. The molecule has 2 rings (SSSR count). The van der Waals surface area contributed by atoms with Crippen LogP contribution in [0, 0.1) is 6.92 Å². The molecule has 2 N–H and O–H groups in total. The third-order valence-corrected chi connectivity index (χ3v) is 3.84. The van der Waals surface area contributed by atoms with Crippen molar-refractivity contribution in [1.82, 2.24) is 20.9 Å². The van der Waals surface area contributed by atoms with E-state index in [4.69, 9.17) is 4.74 Å². The van der Waals surface area contributed by atoms with E-state index in [1.807, 2.05) is 0 Å². The lowest BCUT2D eigenvalue weighted by molar-refractivity contribution is -0.126. The summed E-state index contributed by atoms with van der Waals surface area (Å²) < 4.78 is 9.81. The Morgan fingerprint density at radius 1 is 1.39 bits per heavy atom. The number of aromatic nitrogens is 2. The Labute approximate surface area is 137 Å². The van der Waals surface area contributed by atoms with Crippen molar-refractivity contribution in [2.45, 2.75) is 26.3 Å². The Balaban J connectivity index is 1.77. The molecule has 2 amide bonds. The number of nitrogens with one attached hydrogen (secondary N) is 2. The van der Waals surface area contributed by atoms with Crippen LogP contribution in [-0.4, -0.2) is 40.8 Å². The third-order valence-electron chi connectivity index (χ3n) is 2.98. The average molecular weight is 338 g/mol. The molecule has 0 aromatic carbocycles. The van der Waals surface area contributed by atoms with Gasteiger partial charge in [-0.25, -0.2) is 4.63 Å². The van der Waals surface area contributed by atoms with Crippen molar-refractivity contribution < 1.29 is 19.0 Å². The minimum absolute atomic E-state index is 0.218. The first-order chi connectivity index (χ1) is 10.9. The normalized spacial score (nSPS) is 11.1. The Kier molecular flexibility index (Phi) is 5.32. The highest BCUT2D eigenvalue weighted by Gasteiger charge is 2.29. The lowest BCUT2D eigenvalue weighted by atomic mass is 10.0. The average Bonchev–Trinajstić information content (AvgIpc) is 3.14. The van der Waals surface area contributed by atoms with Crippen molar-refractivity contribution in [2.75, 3.05) is 13.2 Å². The number of aryl methyl sites for hydroxylation is 1. The predicted molar refractivity (Wildman–Crippen MR) is 83.4 cm³/mol. The van der Waals surface area contributed by atoms with Gasteiger partial charge in [0.1, 0.15) is 17.8 Å². The minimum Gasteiger partial charge on any atom is -0.472 e. The summed E-state index contributed by atoms with van der Waals surface area (Å²) in [4.78, 5) is 24.7. The summed E-state index contributed by atoms with van der Waals surface area (Å²) in [5, 5.41) is 14.4. The second-order valence-electron chi connectivity index (χ2n) is 5.32. The zero-order valence-corrected chi connectivity index (χ0v) is 13.9. The fourth-order valence-corrected chi connectivity index (χ4v) is 2.32. The van der Waals surface area contributed by atoms with E-state index in [2.05, 4.69) is 25.6 Å². The van der Waals surface area contributed by atoms with Gasteiger partial charge in [0, 0.05) is 0 Å². The van der Waals surface area contributed by atoms with Crippen LogP contribution in [0.3, 0.4) is 0 Å². The molecule has 0 aliphatic carbocycles. The van der Waals surface area contributed by atoms with Gasteiger partial charge in [0.05, 0.1) is 11.4 Å². The van der Waals surface area contributed by atoms with E-state index in [1.54, 1.807) is 38.3 Å². The van der Waals surface area contributed by atoms with E-state index in [-0.39, 0.29) is 25.0 Å². The van der Waals surface area contributed by atoms with Gasteiger partial charge in [0.25, 0.3) is 11.8 Å². The summed E-state index contributed by atoms with van der Waals surface area (Å²) in [5.74, 6) is -0.286.